The molecule has 0 unspecified atom stereocenters. The number of nitrogens with zero attached hydrogens (tertiary/aromatic N) is 1. The van der Waals surface area contributed by atoms with Gasteiger partial charge in [-0.25, -0.2) is 0 Å². The number of fused-ring (bicyclic) bond motifs is 3. The van der Waals surface area contributed by atoms with E-state index in [9.17, 15) is 0 Å². The molecule has 2 nitrogen and oxygen atoms in total. The van der Waals surface area contributed by atoms with Crippen LogP contribution in [0.5, 0.6) is 0 Å². The van der Waals surface area contributed by atoms with Crippen LogP contribution in [0, 0.1) is 6.92 Å². The number of hydrogen-bond acceptors (Lipinski definition) is 2. The lowest BCUT2D eigenvalue weighted by Crippen LogP contribution is -2.37. The van der Waals surface area contributed by atoms with E-state index in [0.717, 1.165) is 22.7 Å². The first-order valence-electron chi connectivity index (χ1n) is 18.4. The molecule has 0 saturated heterocycles. The first-order chi connectivity index (χ1) is 25.1. The Labute approximate surface area is 310 Å². The topological polar surface area (TPSA) is 15.3 Å². The van der Waals surface area contributed by atoms with Crippen molar-refractivity contribution in [3.63, 3.8) is 0 Å². The summed E-state index contributed by atoms with van der Waals surface area (Å²) < 4.78 is 0. The molecule has 0 saturated carbocycles. The van der Waals surface area contributed by atoms with Gasteiger partial charge < -0.3 is 10.2 Å². The minimum absolute atomic E-state index is 0.00737. The molecule has 0 aliphatic heterocycles. The second kappa shape index (κ2) is 13.2. The van der Waals surface area contributed by atoms with Crippen LogP contribution in [0.4, 0.5) is 28.4 Å². The van der Waals surface area contributed by atoms with Crippen LogP contribution in [0.25, 0.3) is 33.4 Å². The predicted molar refractivity (Wildman–Crippen MR) is 227 cm³/mol. The Hall–Kier alpha value is -5.64. The number of benzene rings is 7. The number of para-hydroxylation sites is 2. The van der Waals surface area contributed by atoms with E-state index in [1.807, 2.05) is 6.07 Å². The molecule has 7 aromatic carbocycles. The maximum Gasteiger partial charge on any atom is 0.0776 e. The summed E-state index contributed by atoms with van der Waals surface area (Å²) in [4.78, 5) is 2.42. The summed E-state index contributed by atoms with van der Waals surface area (Å²) in [5.74, 6) is 0. The normalized spacial score (nSPS) is 13.0. The standard InChI is InChI=1S/C49H46N2Si/c1-34-31-40(28-29-42(34)44-20-11-13-22-48(44)50-37-15-8-7-9-16-37)51(39-17-14-18-41(33-39)52(4,5)6)38-26-23-35(24-27-38)36-25-30-47-45(32-36)43-19-10-12-21-46(43)49(47,2)3/h7-33,50H,1-6H3. The van der Waals surface area contributed by atoms with Gasteiger partial charge in [-0.3, -0.25) is 0 Å². The van der Waals surface area contributed by atoms with Crippen molar-refractivity contribution in [3.8, 4) is 33.4 Å². The van der Waals surface area contributed by atoms with Crippen molar-refractivity contribution >= 4 is 41.7 Å². The van der Waals surface area contributed by atoms with E-state index in [2.05, 4.69) is 208 Å². The summed E-state index contributed by atoms with van der Waals surface area (Å²) in [6.07, 6.45) is 0. The van der Waals surface area contributed by atoms with E-state index in [0.29, 0.717) is 0 Å². The molecule has 256 valence electrons. The molecule has 1 N–H and O–H groups in total. The lowest BCUT2D eigenvalue weighted by molar-refractivity contribution is 0.660. The van der Waals surface area contributed by atoms with Crippen molar-refractivity contribution in [2.24, 2.45) is 0 Å². The Bertz CT molecular complexity index is 2400. The number of aryl methyl sites for hydroxylation is 1. The van der Waals surface area contributed by atoms with E-state index in [1.54, 1.807) is 0 Å². The smallest absolute Gasteiger partial charge is 0.0776 e. The zero-order chi connectivity index (χ0) is 36.0. The number of nitrogens with one attached hydrogen (secondary N) is 1. The third-order valence-corrected chi connectivity index (χ3v) is 12.8. The zero-order valence-electron chi connectivity index (χ0n) is 31.0. The van der Waals surface area contributed by atoms with Crippen LogP contribution in [0.2, 0.25) is 19.6 Å². The Kier molecular flexibility index (Phi) is 8.48. The fourth-order valence-electron chi connectivity index (χ4n) is 7.85. The Morgan fingerprint density at radius 2 is 1.12 bits per heavy atom. The summed E-state index contributed by atoms with van der Waals surface area (Å²) in [5, 5.41) is 5.09. The van der Waals surface area contributed by atoms with Gasteiger partial charge in [-0.15, -0.1) is 0 Å². The fourth-order valence-corrected chi connectivity index (χ4v) is 9.03. The quantitative estimate of drug-likeness (QED) is 0.160. The van der Waals surface area contributed by atoms with Crippen LogP contribution in [-0.2, 0) is 5.41 Å². The highest BCUT2D eigenvalue weighted by molar-refractivity contribution is 6.88. The summed E-state index contributed by atoms with van der Waals surface area (Å²) >= 11 is 0. The van der Waals surface area contributed by atoms with Gasteiger partial charge in [0.15, 0.2) is 0 Å². The molecule has 3 heteroatoms. The minimum atomic E-state index is -1.55. The monoisotopic (exact) mass is 690 g/mol. The van der Waals surface area contributed by atoms with Gasteiger partial charge in [0.1, 0.15) is 0 Å². The molecular weight excluding hydrogens is 645 g/mol. The van der Waals surface area contributed by atoms with E-state index >= 15 is 0 Å². The molecular formula is C49H46N2Si. The van der Waals surface area contributed by atoms with E-state index in [4.69, 9.17) is 0 Å². The molecule has 0 atom stereocenters. The summed E-state index contributed by atoms with van der Waals surface area (Å²) in [7, 11) is -1.55. The number of anilines is 5. The second-order valence-corrected chi connectivity index (χ2v) is 20.7. The van der Waals surface area contributed by atoms with Gasteiger partial charge in [-0.05, 0) is 112 Å². The first kappa shape index (κ1) is 33.5. The Morgan fingerprint density at radius 1 is 0.481 bits per heavy atom. The van der Waals surface area contributed by atoms with Gasteiger partial charge in [-0.1, -0.05) is 142 Å². The van der Waals surface area contributed by atoms with Crippen molar-refractivity contribution in [3.05, 3.63) is 180 Å². The van der Waals surface area contributed by atoms with Crippen molar-refractivity contribution < 1.29 is 0 Å². The van der Waals surface area contributed by atoms with E-state index in [1.165, 1.54) is 60.9 Å². The first-order valence-corrected chi connectivity index (χ1v) is 21.9. The lowest BCUT2D eigenvalue weighted by atomic mass is 9.82. The molecule has 0 radical (unpaired) electrons. The average Bonchev–Trinajstić information content (AvgIpc) is 3.38. The van der Waals surface area contributed by atoms with Gasteiger partial charge in [0.2, 0.25) is 0 Å². The molecule has 8 rings (SSSR count). The van der Waals surface area contributed by atoms with Crippen LogP contribution in [0.3, 0.4) is 0 Å². The van der Waals surface area contributed by atoms with Crippen LogP contribution in [-0.4, -0.2) is 8.07 Å². The molecule has 0 amide bonds. The summed E-state index contributed by atoms with van der Waals surface area (Å²) in [5.41, 5.74) is 17.3. The molecule has 0 aromatic heterocycles. The third-order valence-electron chi connectivity index (χ3n) is 10.8. The van der Waals surface area contributed by atoms with Gasteiger partial charge >= 0.3 is 0 Å². The van der Waals surface area contributed by atoms with E-state index < -0.39 is 8.07 Å². The maximum atomic E-state index is 3.64. The van der Waals surface area contributed by atoms with Crippen molar-refractivity contribution in [1.29, 1.82) is 0 Å². The summed E-state index contributed by atoms with van der Waals surface area (Å²) in [6, 6.07) is 60.1. The molecule has 1 aliphatic carbocycles. The van der Waals surface area contributed by atoms with Gasteiger partial charge in [0, 0.05) is 39.4 Å². The molecule has 1 aliphatic rings. The van der Waals surface area contributed by atoms with Gasteiger partial charge in [-0.2, -0.15) is 0 Å². The highest BCUT2D eigenvalue weighted by Gasteiger charge is 2.35. The highest BCUT2D eigenvalue weighted by Crippen LogP contribution is 2.49. The van der Waals surface area contributed by atoms with Gasteiger partial charge in [0.05, 0.1) is 8.07 Å². The van der Waals surface area contributed by atoms with Crippen molar-refractivity contribution in [1.82, 2.24) is 0 Å². The average molecular weight is 691 g/mol. The van der Waals surface area contributed by atoms with Crippen molar-refractivity contribution in [2.75, 3.05) is 10.2 Å². The Balaban J connectivity index is 1.18. The highest BCUT2D eigenvalue weighted by atomic mass is 28.3. The van der Waals surface area contributed by atoms with Crippen LogP contribution in [0.15, 0.2) is 164 Å². The van der Waals surface area contributed by atoms with E-state index in [-0.39, 0.29) is 5.41 Å². The molecule has 0 spiro atoms. The second-order valence-electron chi connectivity index (χ2n) is 15.6. The minimum Gasteiger partial charge on any atom is -0.355 e. The Morgan fingerprint density at radius 3 is 1.87 bits per heavy atom. The maximum absolute atomic E-state index is 3.64. The van der Waals surface area contributed by atoms with Crippen LogP contribution < -0.4 is 15.4 Å². The third kappa shape index (κ3) is 6.16. The molecule has 0 fully saturated rings. The predicted octanol–water partition coefficient (Wildman–Crippen LogP) is 13.4. The largest absolute Gasteiger partial charge is 0.355 e. The molecule has 0 heterocycles. The van der Waals surface area contributed by atoms with Gasteiger partial charge in [0.25, 0.3) is 0 Å². The van der Waals surface area contributed by atoms with Crippen LogP contribution in [0.1, 0.15) is 30.5 Å². The SMILES string of the molecule is Cc1cc(N(c2ccc(-c3ccc4c(c3)-c3ccccc3C4(C)C)cc2)c2cccc([Si](C)(C)C)c2)ccc1-c1ccccc1Nc1ccccc1. The lowest BCUT2D eigenvalue weighted by Gasteiger charge is -2.28. The molecule has 0 bridgehead atoms. The number of rotatable bonds is 8. The molecule has 7 aromatic rings. The molecule has 52 heavy (non-hydrogen) atoms. The summed E-state index contributed by atoms with van der Waals surface area (Å²) in [6.45, 7) is 14.2. The van der Waals surface area contributed by atoms with Crippen molar-refractivity contribution in [2.45, 2.75) is 45.8 Å². The zero-order valence-corrected chi connectivity index (χ0v) is 32.0. The fraction of sp³-hybridized carbons (Fsp3) is 0.143. The number of hydrogen-bond donors (Lipinski definition) is 1. The van der Waals surface area contributed by atoms with Crippen LogP contribution >= 0.6 is 0 Å².